The van der Waals surface area contributed by atoms with E-state index in [2.05, 4.69) is 5.32 Å². The number of carbonyl (C=O) groups is 1. The number of carbonyl (C=O) groups excluding carboxylic acids is 1. The lowest BCUT2D eigenvalue weighted by atomic mass is 9.91. The maximum Gasteiger partial charge on any atom is 0.228 e. The fourth-order valence-electron chi connectivity index (χ4n) is 3.68. The lowest BCUT2D eigenvalue weighted by Gasteiger charge is -2.23. The Hall–Kier alpha value is -3.25. The number of hydrogen-bond acceptors (Lipinski definition) is 5. The predicted octanol–water partition coefficient (Wildman–Crippen LogP) is 3.89. The summed E-state index contributed by atoms with van der Waals surface area (Å²) < 4.78 is 0. The summed E-state index contributed by atoms with van der Waals surface area (Å²) in [5.74, 6) is 0.0415. The summed E-state index contributed by atoms with van der Waals surface area (Å²) in [7, 11) is 0. The largest absolute Gasteiger partial charge is 0.399 e. The molecular formula is C24H26N4O2. The number of hydrogen-bond donors (Lipinski definition) is 3. The number of aromatic nitrogens is 2. The predicted molar refractivity (Wildman–Crippen MR) is 118 cm³/mol. The third-order valence-electron chi connectivity index (χ3n) is 5.69. The van der Waals surface area contributed by atoms with E-state index in [9.17, 15) is 9.90 Å². The molecule has 0 aliphatic heterocycles. The Morgan fingerprint density at radius 2 is 1.93 bits per heavy atom. The van der Waals surface area contributed by atoms with Gasteiger partial charge in [0.1, 0.15) is 11.8 Å². The Bertz CT molecular complexity index is 1080. The maximum absolute atomic E-state index is 12.6. The van der Waals surface area contributed by atoms with Crippen molar-refractivity contribution in [3.8, 4) is 11.3 Å². The van der Waals surface area contributed by atoms with Gasteiger partial charge in [-0.15, -0.1) is 0 Å². The number of anilines is 2. The number of benzene rings is 2. The van der Waals surface area contributed by atoms with Crippen molar-refractivity contribution in [1.29, 1.82) is 0 Å². The zero-order valence-corrected chi connectivity index (χ0v) is 17.2. The molecule has 1 aliphatic rings. The molecular weight excluding hydrogens is 376 g/mol. The molecule has 4 rings (SSSR count). The average Bonchev–Trinajstić information content (AvgIpc) is 2.77. The Labute approximate surface area is 176 Å². The number of aliphatic hydroxyl groups excluding tert-OH is 1. The van der Waals surface area contributed by atoms with E-state index in [1.54, 1.807) is 0 Å². The van der Waals surface area contributed by atoms with Gasteiger partial charge in [-0.1, -0.05) is 50.2 Å². The third-order valence-corrected chi connectivity index (χ3v) is 5.69. The molecule has 0 saturated carbocycles. The standard InChI is InChI=1S/C24H26N4O2/c1-3-14(2)24(30)28-23-21(22(29)15-7-5-4-6-8-15)27-20-18-11-10-17(25)13-16(18)9-12-19(20)26-23/h4-8,10-11,13-14,22,29H,3,9,12,25H2,1-2H3,(H,26,28,30). The summed E-state index contributed by atoms with van der Waals surface area (Å²) in [6.45, 7) is 3.83. The SMILES string of the molecule is CCC(C)C(=O)Nc1nc2c(nc1C(O)c1ccccc1)-c1ccc(N)cc1CC2. The van der Waals surface area contributed by atoms with Crippen molar-refractivity contribution < 1.29 is 9.90 Å². The number of aryl methyl sites for hydroxylation is 2. The van der Waals surface area contributed by atoms with E-state index < -0.39 is 6.10 Å². The van der Waals surface area contributed by atoms with Crippen LogP contribution in [0.2, 0.25) is 0 Å². The quantitative estimate of drug-likeness (QED) is 0.562. The van der Waals surface area contributed by atoms with Gasteiger partial charge < -0.3 is 16.2 Å². The number of nitrogen functional groups attached to an aromatic ring is 1. The molecule has 0 bridgehead atoms. The van der Waals surface area contributed by atoms with Gasteiger partial charge in [0.05, 0.1) is 11.4 Å². The number of nitrogens with zero attached hydrogens (tertiary/aromatic N) is 2. The number of fused-ring (bicyclic) bond motifs is 3. The first-order valence-electron chi connectivity index (χ1n) is 10.3. The Morgan fingerprint density at radius 1 is 1.17 bits per heavy atom. The molecule has 1 aliphatic carbocycles. The van der Waals surface area contributed by atoms with E-state index >= 15 is 0 Å². The number of nitrogens with one attached hydrogen (secondary N) is 1. The number of rotatable bonds is 5. The molecule has 2 unspecified atom stereocenters. The minimum absolute atomic E-state index is 0.128. The summed E-state index contributed by atoms with van der Waals surface area (Å²) >= 11 is 0. The Balaban J connectivity index is 1.84. The molecule has 0 radical (unpaired) electrons. The van der Waals surface area contributed by atoms with Crippen molar-refractivity contribution in [2.45, 2.75) is 39.2 Å². The highest BCUT2D eigenvalue weighted by Crippen LogP contribution is 2.36. The van der Waals surface area contributed by atoms with Crippen LogP contribution in [-0.4, -0.2) is 21.0 Å². The summed E-state index contributed by atoms with van der Waals surface area (Å²) in [5.41, 5.74) is 11.4. The van der Waals surface area contributed by atoms with E-state index in [-0.39, 0.29) is 11.8 Å². The van der Waals surface area contributed by atoms with E-state index in [0.717, 1.165) is 35.4 Å². The molecule has 6 heteroatoms. The first kappa shape index (κ1) is 20.0. The second-order valence-corrected chi connectivity index (χ2v) is 7.78. The normalized spacial score (nSPS) is 14.4. The van der Waals surface area contributed by atoms with Crippen molar-refractivity contribution in [3.63, 3.8) is 0 Å². The van der Waals surface area contributed by atoms with Crippen LogP contribution in [0.15, 0.2) is 48.5 Å². The van der Waals surface area contributed by atoms with Gasteiger partial charge >= 0.3 is 0 Å². The second kappa shape index (κ2) is 8.24. The van der Waals surface area contributed by atoms with E-state index in [4.69, 9.17) is 15.7 Å². The molecule has 4 N–H and O–H groups in total. The lowest BCUT2D eigenvalue weighted by molar-refractivity contribution is -0.119. The van der Waals surface area contributed by atoms with Gasteiger partial charge in [0, 0.05) is 17.2 Å². The van der Waals surface area contributed by atoms with Gasteiger partial charge in [-0.05, 0) is 42.5 Å². The van der Waals surface area contributed by atoms with Crippen molar-refractivity contribution in [2.24, 2.45) is 5.92 Å². The number of amides is 1. The van der Waals surface area contributed by atoms with Crippen LogP contribution >= 0.6 is 0 Å². The molecule has 0 saturated heterocycles. The molecule has 0 fully saturated rings. The third kappa shape index (κ3) is 3.78. The summed E-state index contributed by atoms with van der Waals surface area (Å²) in [6.07, 6.45) is 1.22. The monoisotopic (exact) mass is 402 g/mol. The second-order valence-electron chi connectivity index (χ2n) is 7.78. The lowest BCUT2D eigenvalue weighted by Crippen LogP contribution is -2.24. The van der Waals surface area contributed by atoms with Crippen LogP contribution in [0.4, 0.5) is 11.5 Å². The highest BCUT2D eigenvalue weighted by atomic mass is 16.3. The van der Waals surface area contributed by atoms with Crippen LogP contribution in [0, 0.1) is 5.92 Å². The topological polar surface area (TPSA) is 101 Å². The van der Waals surface area contributed by atoms with E-state index in [1.807, 2.05) is 62.4 Å². The smallest absolute Gasteiger partial charge is 0.228 e. The van der Waals surface area contributed by atoms with E-state index in [0.29, 0.717) is 29.2 Å². The molecule has 30 heavy (non-hydrogen) atoms. The van der Waals surface area contributed by atoms with Gasteiger partial charge in [0.15, 0.2) is 5.82 Å². The number of nitrogens with two attached hydrogens (primary N) is 1. The van der Waals surface area contributed by atoms with Gasteiger partial charge in [-0.3, -0.25) is 4.79 Å². The first-order valence-corrected chi connectivity index (χ1v) is 10.3. The zero-order valence-electron chi connectivity index (χ0n) is 17.2. The molecule has 3 aromatic rings. The molecule has 2 atom stereocenters. The zero-order chi connectivity index (χ0) is 21.3. The first-order chi connectivity index (χ1) is 14.5. The van der Waals surface area contributed by atoms with Crippen molar-refractivity contribution in [1.82, 2.24) is 9.97 Å². The fraction of sp³-hybridized carbons (Fsp3) is 0.292. The number of aliphatic hydroxyl groups is 1. The van der Waals surface area contributed by atoms with Gasteiger partial charge in [-0.2, -0.15) is 0 Å². The molecule has 6 nitrogen and oxygen atoms in total. The average molecular weight is 402 g/mol. The maximum atomic E-state index is 12.6. The molecule has 1 heterocycles. The van der Waals surface area contributed by atoms with Crippen molar-refractivity contribution in [3.05, 3.63) is 71.0 Å². The molecule has 154 valence electrons. The van der Waals surface area contributed by atoms with Crippen LogP contribution in [0.1, 0.15) is 48.9 Å². The summed E-state index contributed by atoms with van der Waals surface area (Å²) in [4.78, 5) is 22.2. The highest BCUT2D eigenvalue weighted by Gasteiger charge is 2.26. The van der Waals surface area contributed by atoms with Gasteiger partial charge in [0.2, 0.25) is 5.91 Å². The minimum atomic E-state index is -1.00. The van der Waals surface area contributed by atoms with Crippen molar-refractivity contribution in [2.75, 3.05) is 11.1 Å². The van der Waals surface area contributed by atoms with Gasteiger partial charge in [0.25, 0.3) is 0 Å². The molecule has 1 amide bonds. The summed E-state index contributed by atoms with van der Waals surface area (Å²) in [6, 6.07) is 15.0. The Kier molecular flexibility index (Phi) is 5.50. The van der Waals surface area contributed by atoms with Crippen LogP contribution in [0.25, 0.3) is 11.3 Å². The highest BCUT2D eigenvalue weighted by molar-refractivity contribution is 5.92. The molecule has 2 aromatic carbocycles. The summed E-state index contributed by atoms with van der Waals surface area (Å²) in [5, 5.41) is 14.0. The van der Waals surface area contributed by atoms with Crippen LogP contribution in [0.5, 0.6) is 0 Å². The molecule has 0 spiro atoms. The van der Waals surface area contributed by atoms with E-state index in [1.165, 1.54) is 0 Å². The van der Waals surface area contributed by atoms with Crippen LogP contribution < -0.4 is 11.1 Å². The van der Waals surface area contributed by atoms with Crippen LogP contribution in [-0.2, 0) is 17.6 Å². The minimum Gasteiger partial charge on any atom is -0.399 e. The molecule has 1 aromatic heterocycles. The van der Waals surface area contributed by atoms with Gasteiger partial charge in [-0.25, -0.2) is 9.97 Å². The van der Waals surface area contributed by atoms with Crippen LogP contribution in [0.3, 0.4) is 0 Å². The Morgan fingerprint density at radius 3 is 2.67 bits per heavy atom. The fourth-order valence-corrected chi connectivity index (χ4v) is 3.68. The van der Waals surface area contributed by atoms with Crippen molar-refractivity contribution >= 4 is 17.4 Å².